The number of piperazine rings is 1. The third-order valence-corrected chi connectivity index (χ3v) is 4.05. The topological polar surface area (TPSA) is 30.5 Å². The Balaban J connectivity index is 0.000000120. The van der Waals surface area contributed by atoms with Crippen molar-refractivity contribution in [1.29, 1.82) is 0 Å². The SMILES string of the molecule is C1CN2CCC1CN2.CC1CNCCN1C. The second kappa shape index (κ2) is 5.96. The first kappa shape index (κ1) is 12.3. The van der Waals surface area contributed by atoms with Gasteiger partial charge >= 0.3 is 0 Å². The maximum absolute atomic E-state index is 3.35. The highest BCUT2D eigenvalue weighted by Crippen LogP contribution is 2.19. The van der Waals surface area contributed by atoms with Crippen molar-refractivity contribution in [2.24, 2.45) is 5.92 Å². The number of fused-ring (bicyclic) bond motifs is 3. The molecule has 0 saturated carbocycles. The summed E-state index contributed by atoms with van der Waals surface area (Å²) in [7, 11) is 2.17. The summed E-state index contributed by atoms with van der Waals surface area (Å²) in [6.07, 6.45) is 2.85. The van der Waals surface area contributed by atoms with Crippen molar-refractivity contribution in [3.8, 4) is 0 Å². The zero-order chi connectivity index (χ0) is 11.4. The van der Waals surface area contributed by atoms with Crippen molar-refractivity contribution >= 4 is 0 Å². The molecule has 0 aromatic rings. The first-order valence-corrected chi connectivity index (χ1v) is 6.65. The Bertz CT molecular complexity index is 168. The minimum absolute atomic E-state index is 0.726. The maximum Gasteiger partial charge on any atom is 0.0189 e. The molecule has 4 aliphatic rings. The van der Waals surface area contributed by atoms with Crippen LogP contribution in [0.25, 0.3) is 0 Å². The largest absolute Gasteiger partial charge is 0.314 e. The Morgan fingerprint density at radius 2 is 1.81 bits per heavy atom. The van der Waals surface area contributed by atoms with Crippen molar-refractivity contribution in [2.75, 3.05) is 46.3 Å². The minimum Gasteiger partial charge on any atom is -0.314 e. The maximum atomic E-state index is 3.35. The standard InChI is InChI=1S/C6H12N2.C6H14N2/c1-3-8-4-2-6(1)5-7-8;1-6-5-7-3-4-8(6)2/h6-7H,1-5H2;6-7H,3-5H2,1-2H3. The monoisotopic (exact) mass is 226 g/mol. The van der Waals surface area contributed by atoms with Crippen molar-refractivity contribution in [1.82, 2.24) is 20.7 Å². The number of hydrogen-bond acceptors (Lipinski definition) is 4. The molecule has 4 rings (SSSR count). The molecule has 2 N–H and O–H groups in total. The van der Waals surface area contributed by atoms with Crippen LogP contribution in [-0.2, 0) is 0 Å². The van der Waals surface area contributed by atoms with Crippen LogP contribution in [0.5, 0.6) is 0 Å². The van der Waals surface area contributed by atoms with E-state index in [1.54, 1.807) is 0 Å². The first-order valence-electron chi connectivity index (χ1n) is 6.65. The van der Waals surface area contributed by atoms with Crippen LogP contribution in [0.2, 0.25) is 0 Å². The lowest BCUT2D eigenvalue weighted by atomic mass is 9.96. The molecule has 1 unspecified atom stereocenters. The molecular formula is C12H26N4. The summed E-state index contributed by atoms with van der Waals surface area (Å²) in [5.41, 5.74) is 3.35. The van der Waals surface area contributed by atoms with Gasteiger partial charge in [-0.2, -0.15) is 0 Å². The highest BCUT2D eigenvalue weighted by atomic mass is 15.5. The van der Waals surface area contributed by atoms with E-state index in [1.165, 1.54) is 39.0 Å². The molecule has 2 bridgehead atoms. The van der Waals surface area contributed by atoms with E-state index in [2.05, 4.69) is 34.6 Å². The van der Waals surface area contributed by atoms with Gasteiger partial charge in [0, 0.05) is 45.3 Å². The van der Waals surface area contributed by atoms with Crippen molar-refractivity contribution in [3.05, 3.63) is 0 Å². The molecule has 4 heterocycles. The summed E-state index contributed by atoms with van der Waals surface area (Å²) in [6, 6.07) is 0.726. The van der Waals surface area contributed by atoms with Gasteiger partial charge in [-0.15, -0.1) is 0 Å². The predicted molar refractivity (Wildman–Crippen MR) is 67.3 cm³/mol. The molecule has 4 saturated heterocycles. The molecule has 1 atom stereocenters. The van der Waals surface area contributed by atoms with Crippen molar-refractivity contribution in [3.63, 3.8) is 0 Å². The van der Waals surface area contributed by atoms with Crippen LogP contribution in [0, 0.1) is 5.92 Å². The number of likely N-dealkylation sites (N-methyl/N-ethyl adjacent to an activating group) is 1. The smallest absolute Gasteiger partial charge is 0.0189 e. The van der Waals surface area contributed by atoms with Gasteiger partial charge < -0.3 is 10.2 Å². The Morgan fingerprint density at radius 3 is 2.06 bits per heavy atom. The molecule has 0 aromatic carbocycles. The average molecular weight is 226 g/mol. The van der Waals surface area contributed by atoms with E-state index < -0.39 is 0 Å². The number of nitrogens with one attached hydrogen (secondary N) is 2. The number of hydrogen-bond donors (Lipinski definition) is 2. The van der Waals surface area contributed by atoms with E-state index in [0.29, 0.717) is 0 Å². The van der Waals surface area contributed by atoms with E-state index in [1.807, 2.05) is 0 Å². The van der Waals surface area contributed by atoms with Crippen LogP contribution in [0.4, 0.5) is 0 Å². The van der Waals surface area contributed by atoms with Crippen LogP contribution < -0.4 is 10.7 Å². The zero-order valence-corrected chi connectivity index (χ0v) is 10.7. The summed E-state index contributed by atoms with van der Waals surface area (Å²) in [5.74, 6) is 1.000. The van der Waals surface area contributed by atoms with Crippen LogP contribution in [-0.4, -0.2) is 62.3 Å². The van der Waals surface area contributed by atoms with Gasteiger partial charge in [0.15, 0.2) is 0 Å². The highest BCUT2D eigenvalue weighted by Gasteiger charge is 2.24. The quantitative estimate of drug-likeness (QED) is 0.614. The number of rotatable bonds is 0. The van der Waals surface area contributed by atoms with Gasteiger partial charge in [-0.3, -0.25) is 5.43 Å². The summed E-state index contributed by atoms with van der Waals surface area (Å²) in [4.78, 5) is 2.37. The first-order chi connectivity index (χ1) is 7.75. The molecule has 0 spiro atoms. The van der Waals surface area contributed by atoms with Crippen LogP contribution >= 0.6 is 0 Å². The van der Waals surface area contributed by atoms with Crippen molar-refractivity contribution in [2.45, 2.75) is 25.8 Å². The van der Waals surface area contributed by atoms with E-state index in [9.17, 15) is 0 Å². The number of hydrazine groups is 1. The lowest BCUT2D eigenvalue weighted by molar-refractivity contribution is 0.0572. The molecule has 0 amide bonds. The fourth-order valence-corrected chi connectivity index (χ4v) is 2.50. The summed E-state index contributed by atoms with van der Waals surface area (Å²) < 4.78 is 0. The highest BCUT2D eigenvalue weighted by molar-refractivity contribution is 4.76. The molecule has 4 aliphatic heterocycles. The van der Waals surface area contributed by atoms with Gasteiger partial charge in [0.25, 0.3) is 0 Å². The molecule has 0 aromatic heterocycles. The van der Waals surface area contributed by atoms with E-state index in [-0.39, 0.29) is 0 Å². The average Bonchev–Trinajstić information content (AvgIpc) is 2.36. The van der Waals surface area contributed by atoms with Gasteiger partial charge in [-0.05, 0) is 32.7 Å². The zero-order valence-electron chi connectivity index (χ0n) is 10.7. The molecule has 0 radical (unpaired) electrons. The van der Waals surface area contributed by atoms with Gasteiger partial charge in [0.1, 0.15) is 0 Å². The minimum atomic E-state index is 0.726. The molecular weight excluding hydrogens is 200 g/mol. The van der Waals surface area contributed by atoms with Gasteiger partial charge in [0.05, 0.1) is 0 Å². The molecule has 4 fully saturated rings. The molecule has 16 heavy (non-hydrogen) atoms. The molecule has 4 heteroatoms. The third-order valence-electron chi connectivity index (χ3n) is 4.05. The fraction of sp³-hybridized carbons (Fsp3) is 1.00. The Hall–Kier alpha value is -0.160. The Kier molecular flexibility index (Phi) is 4.58. The lowest BCUT2D eigenvalue weighted by Crippen LogP contribution is -2.52. The van der Waals surface area contributed by atoms with Crippen LogP contribution in [0.15, 0.2) is 0 Å². The third kappa shape index (κ3) is 3.42. The number of nitrogens with zero attached hydrogens (tertiary/aromatic N) is 2. The second-order valence-corrected chi connectivity index (χ2v) is 5.33. The van der Waals surface area contributed by atoms with Crippen LogP contribution in [0.1, 0.15) is 19.8 Å². The summed E-state index contributed by atoms with van der Waals surface area (Å²) in [5, 5.41) is 5.66. The van der Waals surface area contributed by atoms with Gasteiger partial charge in [-0.1, -0.05) is 0 Å². The van der Waals surface area contributed by atoms with E-state index in [0.717, 1.165) is 25.0 Å². The molecule has 94 valence electrons. The predicted octanol–water partition coefficient (Wildman–Crippen LogP) is 0.127. The van der Waals surface area contributed by atoms with E-state index in [4.69, 9.17) is 0 Å². The summed E-state index contributed by atoms with van der Waals surface area (Å²) >= 11 is 0. The normalized spacial score (nSPS) is 39.0. The number of piperidine rings is 1. The Labute approximate surface area is 99.3 Å². The summed E-state index contributed by atoms with van der Waals surface area (Å²) in [6.45, 7) is 9.54. The van der Waals surface area contributed by atoms with Crippen LogP contribution in [0.3, 0.4) is 0 Å². The van der Waals surface area contributed by atoms with Crippen molar-refractivity contribution < 1.29 is 0 Å². The molecule has 0 aliphatic carbocycles. The van der Waals surface area contributed by atoms with Gasteiger partial charge in [0.2, 0.25) is 0 Å². The second-order valence-electron chi connectivity index (χ2n) is 5.33. The van der Waals surface area contributed by atoms with Gasteiger partial charge in [-0.25, -0.2) is 5.01 Å². The molecule has 4 nitrogen and oxygen atoms in total. The lowest BCUT2D eigenvalue weighted by Gasteiger charge is -2.39. The van der Waals surface area contributed by atoms with E-state index >= 15 is 0 Å². The Morgan fingerprint density at radius 1 is 1.06 bits per heavy atom. The fourth-order valence-electron chi connectivity index (χ4n) is 2.50.